The van der Waals surface area contributed by atoms with E-state index in [0.29, 0.717) is 11.2 Å². The van der Waals surface area contributed by atoms with E-state index in [2.05, 4.69) is 9.88 Å². The van der Waals surface area contributed by atoms with E-state index in [-0.39, 0.29) is 4.90 Å². The van der Waals surface area contributed by atoms with Crippen molar-refractivity contribution in [1.29, 1.82) is 0 Å². The number of sulfonamides is 1. The average Bonchev–Trinajstić information content (AvgIpc) is 3.13. The van der Waals surface area contributed by atoms with E-state index in [1.54, 1.807) is 31.3 Å². The number of hydrogen-bond donors (Lipinski definition) is 1. The minimum absolute atomic E-state index is 0.230. The molecule has 1 N–H and O–H groups in total. The number of para-hydroxylation sites is 1. The first-order valence-electron chi connectivity index (χ1n) is 10.1. The highest BCUT2D eigenvalue weighted by Gasteiger charge is 2.22. The first-order chi connectivity index (χ1) is 14.9. The van der Waals surface area contributed by atoms with Crippen molar-refractivity contribution in [3.8, 4) is 0 Å². The molecule has 2 aromatic heterocycles. The van der Waals surface area contributed by atoms with Crippen LogP contribution in [0.3, 0.4) is 0 Å². The maximum atomic E-state index is 13.1. The van der Waals surface area contributed by atoms with Crippen LogP contribution in [0.15, 0.2) is 78.0 Å². The van der Waals surface area contributed by atoms with Gasteiger partial charge in [0, 0.05) is 39.0 Å². The molecule has 0 saturated carbocycles. The van der Waals surface area contributed by atoms with Gasteiger partial charge in [-0.15, -0.1) is 0 Å². The largest absolute Gasteiger partial charge is 0.388 e. The highest BCUT2D eigenvalue weighted by Crippen LogP contribution is 2.25. The minimum Gasteiger partial charge on any atom is -0.388 e. The Labute approximate surface area is 182 Å². The number of rotatable bonds is 7. The third-order valence-electron chi connectivity index (χ3n) is 5.50. The third kappa shape index (κ3) is 4.11. The predicted molar refractivity (Wildman–Crippen MR) is 123 cm³/mol. The van der Waals surface area contributed by atoms with Crippen LogP contribution in [-0.4, -0.2) is 32.1 Å². The Hall–Kier alpha value is -3.39. The number of aryl methyl sites for hydroxylation is 3. The Balaban J connectivity index is 1.59. The van der Waals surface area contributed by atoms with Crippen molar-refractivity contribution in [3.63, 3.8) is 0 Å². The van der Waals surface area contributed by atoms with E-state index in [9.17, 15) is 8.42 Å². The van der Waals surface area contributed by atoms with Crippen LogP contribution in [0, 0.1) is 0 Å². The highest BCUT2D eigenvalue weighted by molar-refractivity contribution is 7.92. The lowest BCUT2D eigenvalue weighted by Gasteiger charge is -2.19. The zero-order chi connectivity index (χ0) is 22.0. The van der Waals surface area contributed by atoms with Crippen LogP contribution in [0.5, 0.6) is 0 Å². The van der Waals surface area contributed by atoms with E-state index >= 15 is 0 Å². The molecular weight excluding hydrogens is 410 g/mol. The zero-order valence-electron chi connectivity index (χ0n) is 17.9. The summed E-state index contributed by atoms with van der Waals surface area (Å²) in [4.78, 5) is 4.95. The van der Waals surface area contributed by atoms with Gasteiger partial charge in [0.25, 0.3) is 10.0 Å². The Morgan fingerprint density at radius 3 is 2.45 bits per heavy atom. The first kappa shape index (κ1) is 20.9. The summed E-state index contributed by atoms with van der Waals surface area (Å²) in [5.41, 5.74) is 3.27. The van der Waals surface area contributed by atoms with E-state index in [0.717, 1.165) is 30.0 Å². The van der Waals surface area contributed by atoms with Gasteiger partial charge in [-0.2, -0.15) is 0 Å². The molecule has 160 valence electrons. The summed E-state index contributed by atoms with van der Waals surface area (Å²) < 4.78 is 31.6. The topological polar surface area (TPSA) is 71.1 Å². The molecule has 0 aliphatic carbocycles. The van der Waals surface area contributed by atoms with Crippen molar-refractivity contribution in [2.75, 3.05) is 23.7 Å². The zero-order valence-corrected chi connectivity index (χ0v) is 18.7. The fourth-order valence-electron chi connectivity index (χ4n) is 3.55. The molecule has 8 heteroatoms. The standard InChI is InChI=1S/C23H25N5O2S/c1-24-18-11-14-28(15-12-18)16-13-23-25-21-17-20(9-10-22(21)26(23)2)31(29,30)27(3)19-7-5-4-6-8-19/h4-12,14-15,17H,13,16H2,1-3H3/p+1. The van der Waals surface area contributed by atoms with E-state index in [1.807, 2.05) is 67.5 Å². The number of nitrogens with zero attached hydrogens (tertiary/aromatic N) is 4. The molecule has 0 aliphatic rings. The third-order valence-corrected chi connectivity index (χ3v) is 7.28. The van der Waals surface area contributed by atoms with Crippen LogP contribution in [0.25, 0.3) is 11.0 Å². The van der Waals surface area contributed by atoms with Gasteiger partial charge in [0.2, 0.25) is 0 Å². The van der Waals surface area contributed by atoms with Gasteiger partial charge in [0.15, 0.2) is 18.9 Å². The Morgan fingerprint density at radius 1 is 1.06 bits per heavy atom. The summed E-state index contributed by atoms with van der Waals surface area (Å²) in [6, 6.07) is 18.2. The number of imidazole rings is 1. The number of benzene rings is 2. The summed E-state index contributed by atoms with van der Waals surface area (Å²) >= 11 is 0. The molecule has 0 atom stereocenters. The maximum Gasteiger partial charge on any atom is 0.264 e. The van der Waals surface area contributed by atoms with Crippen LogP contribution in [0.2, 0.25) is 0 Å². The van der Waals surface area contributed by atoms with Crippen LogP contribution < -0.4 is 14.2 Å². The average molecular weight is 437 g/mol. The molecule has 4 rings (SSSR count). The van der Waals surface area contributed by atoms with Crippen LogP contribution in [0.4, 0.5) is 11.4 Å². The summed E-state index contributed by atoms with van der Waals surface area (Å²) in [7, 11) is 1.75. The van der Waals surface area contributed by atoms with Gasteiger partial charge in [-0.3, -0.25) is 4.31 Å². The second-order valence-corrected chi connectivity index (χ2v) is 9.34. The number of anilines is 2. The number of nitrogens with one attached hydrogen (secondary N) is 1. The molecule has 2 aromatic carbocycles. The van der Waals surface area contributed by atoms with Gasteiger partial charge in [-0.1, -0.05) is 18.2 Å². The number of hydrogen-bond acceptors (Lipinski definition) is 4. The van der Waals surface area contributed by atoms with Crippen LogP contribution in [0.1, 0.15) is 5.82 Å². The van der Waals surface area contributed by atoms with E-state index in [1.165, 1.54) is 4.31 Å². The lowest BCUT2D eigenvalue weighted by molar-refractivity contribution is -0.696. The van der Waals surface area contributed by atoms with Gasteiger partial charge in [-0.05, 0) is 30.3 Å². The molecule has 31 heavy (non-hydrogen) atoms. The van der Waals surface area contributed by atoms with Crippen molar-refractivity contribution < 1.29 is 13.0 Å². The van der Waals surface area contributed by atoms with Gasteiger partial charge in [-0.25, -0.2) is 18.0 Å². The van der Waals surface area contributed by atoms with E-state index < -0.39 is 10.0 Å². The van der Waals surface area contributed by atoms with Crippen LogP contribution in [-0.2, 0) is 30.0 Å². The van der Waals surface area contributed by atoms with Crippen LogP contribution >= 0.6 is 0 Å². The summed E-state index contributed by atoms with van der Waals surface area (Å²) in [6.45, 7) is 0.781. The van der Waals surface area contributed by atoms with Crippen molar-refractivity contribution in [2.24, 2.45) is 7.05 Å². The molecule has 0 spiro atoms. The summed E-state index contributed by atoms with van der Waals surface area (Å²) in [5.74, 6) is 0.908. The lowest BCUT2D eigenvalue weighted by atomic mass is 10.3. The SMILES string of the molecule is CNc1cc[n+](CCc2nc3cc(S(=O)(=O)N(C)c4ccccc4)ccc3n2C)cc1. The maximum absolute atomic E-state index is 13.1. The van der Waals surface area contributed by atoms with Crippen molar-refractivity contribution in [2.45, 2.75) is 17.9 Å². The molecular formula is C23H26N5O2S+. The van der Waals surface area contributed by atoms with Gasteiger partial charge in [0.05, 0.1) is 28.0 Å². The molecule has 0 saturated heterocycles. The quantitative estimate of drug-likeness (QED) is 0.452. The van der Waals surface area contributed by atoms with E-state index in [4.69, 9.17) is 4.98 Å². The summed E-state index contributed by atoms with van der Waals surface area (Å²) in [6.07, 6.45) is 4.79. The fourth-order valence-corrected chi connectivity index (χ4v) is 4.77. The first-order valence-corrected chi connectivity index (χ1v) is 11.5. The lowest BCUT2D eigenvalue weighted by Crippen LogP contribution is -2.34. The Bertz CT molecular complexity index is 1300. The van der Waals surface area contributed by atoms with Gasteiger partial charge in [0.1, 0.15) is 5.82 Å². The monoisotopic (exact) mass is 436 g/mol. The molecule has 0 fully saturated rings. The second kappa shape index (κ2) is 8.39. The smallest absolute Gasteiger partial charge is 0.264 e. The molecule has 0 bridgehead atoms. The molecule has 0 amide bonds. The number of aromatic nitrogens is 3. The number of fused-ring (bicyclic) bond motifs is 1. The Morgan fingerprint density at radius 2 is 1.77 bits per heavy atom. The predicted octanol–water partition coefficient (Wildman–Crippen LogP) is 2.97. The molecule has 4 aromatic rings. The van der Waals surface area contributed by atoms with Crippen molar-refractivity contribution in [1.82, 2.24) is 9.55 Å². The van der Waals surface area contributed by atoms with Gasteiger partial charge < -0.3 is 9.88 Å². The van der Waals surface area contributed by atoms with Crippen molar-refractivity contribution in [3.05, 3.63) is 78.9 Å². The molecule has 0 unspecified atom stereocenters. The minimum atomic E-state index is -3.67. The fraction of sp³-hybridized carbons (Fsp3) is 0.217. The highest BCUT2D eigenvalue weighted by atomic mass is 32.2. The Kier molecular flexibility index (Phi) is 5.65. The second-order valence-electron chi connectivity index (χ2n) is 7.37. The van der Waals surface area contributed by atoms with Crippen molar-refractivity contribution >= 4 is 32.4 Å². The molecule has 0 radical (unpaired) electrons. The number of pyridine rings is 1. The normalized spacial score (nSPS) is 11.6. The molecule has 2 heterocycles. The molecule has 7 nitrogen and oxygen atoms in total. The summed E-state index contributed by atoms with van der Waals surface area (Å²) in [5, 5.41) is 3.11. The molecule has 0 aliphatic heterocycles. The van der Waals surface area contributed by atoms with Gasteiger partial charge >= 0.3 is 0 Å².